The van der Waals surface area contributed by atoms with Gasteiger partial charge in [-0.25, -0.2) is 0 Å². The van der Waals surface area contributed by atoms with Crippen molar-refractivity contribution in [3.63, 3.8) is 0 Å². The summed E-state index contributed by atoms with van der Waals surface area (Å²) in [5.74, 6) is 3.54. The van der Waals surface area contributed by atoms with Crippen LogP contribution in [0.15, 0.2) is 0 Å². The van der Waals surface area contributed by atoms with E-state index in [9.17, 15) is 4.79 Å². The van der Waals surface area contributed by atoms with Gasteiger partial charge >= 0.3 is 5.97 Å². The smallest absolute Gasteiger partial charge is 0.302 e. The summed E-state index contributed by atoms with van der Waals surface area (Å²) >= 11 is 0. The molecular weight excluding hydrogens is 284 g/mol. The Hall–Kier alpha value is -0.530. The van der Waals surface area contributed by atoms with Crippen molar-refractivity contribution in [3.05, 3.63) is 0 Å². The summed E-state index contributed by atoms with van der Waals surface area (Å²) in [4.78, 5) is 11.4. The number of fused-ring (bicyclic) bond motifs is 5. The van der Waals surface area contributed by atoms with Crippen LogP contribution in [0.3, 0.4) is 0 Å². The molecule has 4 fully saturated rings. The second-order valence-electron chi connectivity index (χ2n) is 9.77. The van der Waals surface area contributed by atoms with Gasteiger partial charge in [0.1, 0.15) is 6.10 Å². The van der Waals surface area contributed by atoms with E-state index in [1.165, 1.54) is 51.4 Å². The Labute approximate surface area is 141 Å². The summed E-state index contributed by atoms with van der Waals surface area (Å²) < 4.78 is 5.64. The average molecular weight is 319 g/mol. The lowest BCUT2D eigenvalue weighted by atomic mass is 9.45. The van der Waals surface area contributed by atoms with Gasteiger partial charge in [-0.1, -0.05) is 26.7 Å². The summed E-state index contributed by atoms with van der Waals surface area (Å²) in [6.07, 6.45) is 14.0. The number of hydrogen-bond acceptors (Lipinski definition) is 2. The van der Waals surface area contributed by atoms with Crippen LogP contribution >= 0.6 is 0 Å². The number of esters is 1. The van der Waals surface area contributed by atoms with Crippen molar-refractivity contribution in [2.24, 2.45) is 34.5 Å². The lowest BCUT2D eigenvalue weighted by Gasteiger charge is -2.59. The van der Waals surface area contributed by atoms with Crippen molar-refractivity contribution in [2.45, 2.75) is 91.1 Å². The Balaban J connectivity index is 1.57. The maximum atomic E-state index is 11.4. The van der Waals surface area contributed by atoms with Gasteiger partial charge in [0.2, 0.25) is 0 Å². The highest BCUT2D eigenvalue weighted by Gasteiger charge is 2.59. The molecule has 130 valence electrons. The van der Waals surface area contributed by atoms with Gasteiger partial charge in [0.05, 0.1) is 0 Å². The molecule has 0 aliphatic heterocycles. The highest BCUT2D eigenvalue weighted by molar-refractivity contribution is 5.66. The number of carbonyl (C=O) groups excluding carboxylic acids is 1. The molecule has 4 aliphatic carbocycles. The molecule has 0 saturated heterocycles. The van der Waals surface area contributed by atoms with E-state index >= 15 is 0 Å². The Morgan fingerprint density at radius 1 is 1.00 bits per heavy atom. The fourth-order valence-corrected chi connectivity index (χ4v) is 7.61. The van der Waals surface area contributed by atoms with Gasteiger partial charge in [0.15, 0.2) is 0 Å². The Kier molecular flexibility index (Phi) is 3.81. The third kappa shape index (κ3) is 2.46. The number of rotatable bonds is 1. The topological polar surface area (TPSA) is 26.3 Å². The van der Waals surface area contributed by atoms with Gasteiger partial charge < -0.3 is 4.74 Å². The number of carbonyl (C=O) groups is 1. The summed E-state index contributed by atoms with van der Waals surface area (Å²) in [5.41, 5.74) is 1.04. The maximum absolute atomic E-state index is 11.4. The zero-order valence-corrected chi connectivity index (χ0v) is 15.3. The molecule has 4 aliphatic rings. The molecule has 0 bridgehead atoms. The van der Waals surface area contributed by atoms with E-state index in [-0.39, 0.29) is 12.1 Å². The fourth-order valence-electron chi connectivity index (χ4n) is 7.61. The molecule has 0 aromatic heterocycles. The van der Waals surface area contributed by atoms with E-state index in [4.69, 9.17) is 4.74 Å². The Morgan fingerprint density at radius 2 is 1.83 bits per heavy atom. The van der Waals surface area contributed by atoms with E-state index in [1.54, 1.807) is 6.92 Å². The minimum absolute atomic E-state index is 0.0863. The normalized spacial score (nSPS) is 52.2. The van der Waals surface area contributed by atoms with Crippen LogP contribution in [-0.4, -0.2) is 12.1 Å². The summed E-state index contributed by atoms with van der Waals surface area (Å²) in [7, 11) is 0. The van der Waals surface area contributed by atoms with Gasteiger partial charge in [-0.3, -0.25) is 4.79 Å². The maximum Gasteiger partial charge on any atom is 0.302 e. The van der Waals surface area contributed by atoms with E-state index in [2.05, 4.69) is 13.8 Å². The monoisotopic (exact) mass is 318 g/mol. The van der Waals surface area contributed by atoms with Crippen LogP contribution in [0.2, 0.25) is 0 Å². The molecule has 7 atom stereocenters. The quantitative estimate of drug-likeness (QED) is 0.609. The van der Waals surface area contributed by atoms with Gasteiger partial charge in [-0.2, -0.15) is 0 Å². The minimum atomic E-state index is -0.0863. The Morgan fingerprint density at radius 3 is 2.61 bits per heavy atom. The molecule has 0 aromatic carbocycles. The van der Waals surface area contributed by atoms with Crippen molar-refractivity contribution in [2.75, 3.05) is 0 Å². The summed E-state index contributed by atoms with van der Waals surface area (Å²) in [6, 6.07) is 0. The molecule has 0 aromatic rings. The molecule has 0 N–H and O–H groups in total. The van der Waals surface area contributed by atoms with Crippen molar-refractivity contribution in [1.29, 1.82) is 0 Å². The minimum Gasteiger partial charge on any atom is -0.463 e. The Bertz CT molecular complexity index is 486. The van der Waals surface area contributed by atoms with Crippen molar-refractivity contribution in [3.8, 4) is 0 Å². The first kappa shape index (κ1) is 16.0. The lowest BCUT2D eigenvalue weighted by Crippen LogP contribution is -2.51. The zero-order valence-electron chi connectivity index (χ0n) is 15.3. The predicted molar refractivity (Wildman–Crippen MR) is 91.9 cm³/mol. The number of hydrogen-bond donors (Lipinski definition) is 0. The van der Waals surface area contributed by atoms with Crippen LogP contribution in [0.1, 0.15) is 85.0 Å². The van der Waals surface area contributed by atoms with Crippen LogP contribution in [0.4, 0.5) is 0 Å². The fraction of sp³-hybridized carbons (Fsp3) is 0.952. The van der Waals surface area contributed by atoms with Crippen molar-refractivity contribution < 1.29 is 9.53 Å². The van der Waals surface area contributed by atoms with Crippen LogP contribution < -0.4 is 0 Å². The molecule has 2 heteroatoms. The lowest BCUT2D eigenvalue weighted by molar-refractivity contribution is -0.146. The highest BCUT2D eigenvalue weighted by atomic mass is 16.5. The molecule has 2 nitrogen and oxygen atoms in total. The van der Waals surface area contributed by atoms with Gasteiger partial charge in [-0.05, 0) is 85.9 Å². The molecule has 4 saturated carbocycles. The highest BCUT2D eigenvalue weighted by Crippen LogP contribution is 2.66. The molecule has 23 heavy (non-hydrogen) atoms. The van der Waals surface area contributed by atoms with Crippen LogP contribution in [0.25, 0.3) is 0 Å². The van der Waals surface area contributed by atoms with E-state index < -0.39 is 0 Å². The molecular formula is C21H34O2. The zero-order chi connectivity index (χ0) is 16.2. The summed E-state index contributed by atoms with van der Waals surface area (Å²) in [6.45, 7) is 6.70. The van der Waals surface area contributed by atoms with Gasteiger partial charge in [0, 0.05) is 6.92 Å². The average Bonchev–Trinajstić information content (AvgIpc) is 2.81. The second-order valence-corrected chi connectivity index (χ2v) is 9.77. The molecule has 0 radical (unpaired) electrons. The summed E-state index contributed by atoms with van der Waals surface area (Å²) in [5, 5.41) is 0. The second kappa shape index (κ2) is 5.49. The first-order valence-electron chi connectivity index (χ1n) is 10.1. The van der Waals surface area contributed by atoms with Crippen molar-refractivity contribution in [1.82, 2.24) is 0 Å². The van der Waals surface area contributed by atoms with Crippen LogP contribution in [0.5, 0.6) is 0 Å². The largest absolute Gasteiger partial charge is 0.463 e. The SMILES string of the molecule is CC(=O)O[C@@H]1C[C@@H]2[C@@H]3CC[C@H]4CCCC[C@]4(C)[C@H]3CC[C@@]2(C)C1. The molecule has 0 spiro atoms. The molecule has 0 heterocycles. The first-order chi connectivity index (χ1) is 10.9. The third-order valence-electron chi connectivity index (χ3n) is 8.64. The van der Waals surface area contributed by atoms with Crippen molar-refractivity contribution >= 4 is 5.97 Å². The molecule has 4 rings (SSSR count). The molecule has 0 amide bonds. The predicted octanol–water partition coefficient (Wildman–Crippen LogP) is 5.35. The van der Waals surface area contributed by atoms with Crippen LogP contribution in [0, 0.1) is 34.5 Å². The van der Waals surface area contributed by atoms with Gasteiger partial charge in [-0.15, -0.1) is 0 Å². The van der Waals surface area contributed by atoms with E-state index in [1.807, 2.05) is 0 Å². The third-order valence-corrected chi connectivity index (χ3v) is 8.64. The first-order valence-corrected chi connectivity index (χ1v) is 10.1. The van der Waals surface area contributed by atoms with Gasteiger partial charge in [0.25, 0.3) is 0 Å². The molecule has 0 unspecified atom stereocenters. The van der Waals surface area contributed by atoms with E-state index in [0.29, 0.717) is 10.8 Å². The van der Waals surface area contributed by atoms with E-state index in [0.717, 1.165) is 36.5 Å². The number of ether oxygens (including phenoxy) is 1. The standard InChI is InChI=1S/C21H34O2/c1-14(22)23-16-12-19-17-8-7-15-6-4-5-10-21(15,3)18(17)9-11-20(19,2)13-16/h15-19H,4-13H2,1-3H3/t15-,16-,17-,18+,19-,20+,21+/m1/s1. The van der Waals surface area contributed by atoms with Crippen LogP contribution in [-0.2, 0) is 9.53 Å².